The maximum atomic E-state index is 12.9. The second-order valence-corrected chi connectivity index (χ2v) is 5.96. The van der Waals surface area contributed by atoms with Crippen LogP contribution in [0, 0.1) is 5.92 Å². The molecule has 0 spiro atoms. The van der Waals surface area contributed by atoms with E-state index in [2.05, 4.69) is 17.3 Å². The molecule has 1 saturated carbocycles. The Morgan fingerprint density at radius 2 is 2.13 bits per heavy atom. The molecule has 1 heterocycles. The number of aromatic nitrogens is 2. The fourth-order valence-corrected chi connectivity index (χ4v) is 2.94. The van der Waals surface area contributed by atoms with Crippen LogP contribution in [-0.4, -0.2) is 34.9 Å². The molecule has 1 aliphatic rings. The van der Waals surface area contributed by atoms with Gasteiger partial charge in [0.15, 0.2) is 5.69 Å². The van der Waals surface area contributed by atoms with E-state index in [4.69, 9.17) is 4.74 Å². The first kappa shape index (κ1) is 17.8. The Morgan fingerprint density at radius 1 is 1.43 bits per heavy atom. The predicted octanol–water partition coefficient (Wildman–Crippen LogP) is 2.76. The summed E-state index contributed by atoms with van der Waals surface area (Å²) in [7, 11) is 1.16. The minimum atomic E-state index is -4.62. The van der Waals surface area contributed by atoms with Crippen molar-refractivity contribution in [3.8, 4) is 0 Å². The molecule has 0 aliphatic heterocycles. The summed E-state index contributed by atoms with van der Waals surface area (Å²) in [5.41, 5.74) is -1.51. The van der Waals surface area contributed by atoms with E-state index in [1.807, 2.05) is 0 Å². The van der Waals surface area contributed by atoms with E-state index >= 15 is 0 Å². The van der Waals surface area contributed by atoms with Crippen molar-refractivity contribution in [3.05, 3.63) is 17.5 Å². The molecule has 0 bridgehead atoms. The zero-order valence-electron chi connectivity index (χ0n) is 13.3. The van der Waals surface area contributed by atoms with Gasteiger partial charge in [-0.15, -0.1) is 0 Å². The van der Waals surface area contributed by atoms with Crippen LogP contribution >= 0.6 is 0 Å². The zero-order chi connectivity index (χ0) is 17.0. The van der Waals surface area contributed by atoms with E-state index in [-0.39, 0.29) is 12.6 Å². The highest BCUT2D eigenvalue weighted by Gasteiger charge is 2.39. The Bertz CT molecular complexity index is 543. The summed E-state index contributed by atoms with van der Waals surface area (Å²) in [6.45, 7) is 2.60. The Labute approximate surface area is 133 Å². The van der Waals surface area contributed by atoms with Crippen LogP contribution in [0.25, 0.3) is 0 Å². The SMILES string of the molecule is C[C@H]1CCCC[C@H]1OCCNC(=O)c1cnn(C)c1C(F)(F)F. The van der Waals surface area contributed by atoms with Crippen LogP contribution < -0.4 is 5.32 Å². The number of alkyl halides is 3. The largest absolute Gasteiger partial charge is 0.433 e. The Kier molecular flexibility index (Phi) is 5.67. The lowest BCUT2D eigenvalue weighted by Gasteiger charge is -2.28. The molecule has 0 radical (unpaired) electrons. The van der Waals surface area contributed by atoms with Crippen molar-refractivity contribution in [1.29, 1.82) is 0 Å². The smallest absolute Gasteiger partial charge is 0.376 e. The van der Waals surface area contributed by atoms with E-state index in [0.29, 0.717) is 17.2 Å². The van der Waals surface area contributed by atoms with E-state index in [0.717, 1.165) is 32.5 Å². The molecule has 8 heteroatoms. The molecular formula is C15H22F3N3O2. The molecule has 0 aromatic carbocycles. The molecule has 1 N–H and O–H groups in total. The number of nitrogens with one attached hydrogen (secondary N) is 1. The van der Waals surface area contributed by atoms with Gasteiger partial charge in [0.1, 0.15) is 0 Å². The van der Waals surface area contributed by atoms with Crippen molar-refractivity contribution in [2.45, 2.75) is 44.9 Å². The summed E-state index contributed by atoms with van der Waals surface area (Å²) in [6, 6.07) is 0. The number of rotatable bonds is 5. The molecule has 1 aromatic heterocycles. The summed E-state index contributed by atoms with van der Waals surface area (Å²) in [5.74, 6) is -0.305. The van der Waals surface area contributed by atoms with Crippen molar-refractivity contribution in [2.24, 2.45) is 13.0 Å². The van der Waals surface area contributed by atoms with E-state index in [9.17, 15) is 18.0 Å². The maximum absolute atomic E-state index is 12.9. The van der Waals surface area contributed by atoms with Gasteiger partial charge >= 0.3 is 6.18 Å². The van der Waals surface area contributed by atoms with Gasteiger partial charge in [0.25, 0.3) is 5.91 Å². The van der Waals surface area contributed by atoms with Gasteiger partial charge in [-0.3, -0.25) is 9.48 Å². The number of nitrogens with zero attached hydrogens (tertiary/aromatic N) is 2. The van der Waals surface area contributed by atoms with E-state index < -0.39 is 23.3 Å². The first-order valence-electron chi connectivity index (χ1n) is 7.79. The van der Waals surface area contributed by atoms with Crippen LogP contribution in [0.4, 0.5) is 13.2 Å². The molecule has 23 heavy (non-hydrogen) atoms. The zero-order valence-corrected chi connectivity index (χ0v) is 13.3. The van der Waals surface area contributed by atoms with Crippen LogP contribution in [0.1, 0.15) is 48.7 Å². The van der Waals surface area contributed by atoms with E-state index in [1.54, 1.807) is 0 Å². The van der Waals surface area contributed by atoms with Crippen molar-refractivity contribution >= 4 is 5.91 Å². The Hall–Kier alpha value is -1.57. The quantitative estimate of drug-likeness (QED) is 0.843. The molecule has 0 saturated heterocycles. The fraction of sp³-hybridized carbons (Fsp3) is 0.733. The number of carbonyl (C=O) groups excluding carboxylic acids is 1. The summed E-state index contributed by atoms with van der Waals surface area (Å²) >= 11 is 0. The van der Waals surface area contributed by atoms with Crippen molar-refractivity contribution in [1.82, 2.24) is 15.1 Å². The topological polar surface area (TPSA) is 56.1 Å². The Balaban J connectivity index is 1.84. The lowest BCUT2D eigenvalue weighted by Crippen LogP contribution is -2.32. The van der Waals surface area contributed by atoms with Crippen molar-refractivity contribution < 1.29 is 22.7 Å². The number of carbonyl (C=O) groups is 1. The Morgan fingerprint density at radius 3 is 2.78 bits per heavy atom. The highest BCUT2D eigenvalue weighted by molar-refractivity contribution is 5.95. The van der Waals surface area contributed by atoms with Crippen LogP contribution in [0.15, 0.2) is 6.20 Å². The number of hydrogen-bond acceptors (Lipinski definition) is 3. The fourth-order valence-electron chi connectivity index (χ4n) is 2.94. The highest BCUT2D eigenvalue weighted by atomic mass is 19.4. The molecule has 1 amide bonds. The normalized spacial score (nSPS) is 22.1. The van der Waals surface area contributed by atoms with Gasteiger partial charge in [0.2, 0.25) is 0 Å². The van der Waals surface area contributed by atoms with Crippen LogP contribution in [0.3, 0.4) is 0 Å². The minimum absolute atomic E-state index is 0.171. The molecule has 5 nitrogen and oxygen atoms in total. The van der Waals surface area contributed by atoms with Gasteiger partial charge in [-0.2, -0.15) is 18.3 Å². The third-order valence-electron chi connectivity index (χ3n) is 4.20. The van der Waals surface area contributed by atoms with Crippen LogP contribution in [-0.2, 0) is 18.0 Å². The number of hydrogen-bond donors (Lipinski definition) is 1. The van der Waals surface area contributed by atoms with Crippen molar-refractivity contribution in [3.63, 3.8) is 0 Å². The molecule has 0 unspecified atom stereocenters. The molecule has 2 atom stereocenters. The number of halogens is 3. The maximum Gasteiger partial charge on any atom is 0.433 e. The van der Waals surface area contributed by atoms with Crippen molar-refractivity contribution in [2.75, 3.05) is 13.2 Å². The summed E-state index contributed by atoms with van der Waals surface area (Å²) in [6.07, 6.45) is 0.946. The van der Waals surface area contributed by atoms with Gasteiger partial charge < -0.3 is 10.1 Å². The monoisotopic (exact) mass is 333 g/mol. The van der Waals surface area contributed by atoms with Gasteiger partial charge in [0.05, 0.1) is 24.5 Å². The second-order valence-electron chi connectivity index (χ2n) is 5.96. The third-order valence-corrected chi connectivity index (χ3v) is 4.20. The molecule has 1 fully saturated rings. The summed E-state index contributed by atoms with van der Waals surface area (Å²) in [5, 5.41) is 5.98. The van der Waals surface area contributed by atoms with Crippen LogP contribution in [0.5, 0.6) is 0 Å². The standard InChI is InChI=1S/C15H22F3N3O2/c1-10-5-3-4-6-12(10)23-8-7-19-14(22)11-9-20-21(2)13(11)15(16,17)18/h9-10,12H,3-8H2,1-2H3,(H,19,22)/t10-,12+/m0/s1. The van der Waals surface area contributed by atoms with Gasteiger partial charge in [-0.25, -0.2) is 0 Å². The minimum Gasteiger partial charge on any atom is -0.376 e. The number of aryl methyl sites for hydroxylation is 1. The first-order valence-corrected chi connectivity index (χ1v) is 7.79. The lowest BCUT2D eigenvalue weighted by atomic mass is 9.88. The van der Waals surface area contributed by atoms with E-state index in [1.165, 1.54) is 6.42 Å². The summed E-state index contributed by atoms with van der Waals surface area (Å²) < 4.78 is 45.1. The predicted molar refractivity (Wildman–Crippen MR) is 77.9 cm³/mol. The molecule has 2 rings (SSSR count). The average molecular weight is 333 g/mol. The van der Waals surface area contributed by atoms with Gasteiger partial charge in [-0.1, -0.05) is 19.8 Å². The summed E-state index contributed by atoms with van der Waals surface area (Å²) in [4.78, 5) is 11.9. The molecule has 1 aliphatic carbocycles. The van der Waals surface area contributed by atoms with Gasteiger partial charge in [-0.05, 0) is 18.8 Å². The molecule has 1 aromatic rings. The third kappa shape index (κ3) is 4.46. The first-order chi connectivity index (χ1) is 10.8. The number of amides is 1. The van der Waals surface area contributed by atoms with Crippen LogP contribution in [0.2, 0.25) is 0 Å². The number of ether oxygens (including phenoxy) is 1. The second kappa shape index (κ2) is 7.33. The van der Waals surface area contributed by atoms with Gasteiger partial charge in [0, 0.05) is 13.6 Å². The molecular weight excluding hydrogens is 311 g/mol. The lowest BCUT2D eigenvalue weighted by molar-refractivity contribution is -0.144. The average Bonchev–Trinajstić information content (AvgIpc) is 2.87. The highest BCUT2D eigenvalue weighted by Crippen LogP contribution is 2.31. The molecule has 130 valence electrons.